The Kier molecular flexibility index (Phi) is 5.57. The molecule has 1 aromatic heterocycles. The third-order valence-electron chi connectivity index (χ3n) is 4.36. The first kappa shape index (κ1) is 16.2. The largest absolute Gasteiger partial charge is 0.327 e. The van der Waals surface area contributed by atoms with Crippen molar-refractivity contribution in [3.63, 3.8) is 0 Å². The van der Waals surface area contributed by atoms with Crippen molar-refractivity contribution >= 4 is 23.3 Å². The molecule has 0 aliphatic carbocycles. The van der Waals surface area contributed by atoms with Gasteiger partial charge in [-0.3, -0.25) is 9.88 Å². The molecule has 1 saturated heterocycles. The van der Waals surface area contributed by atoms with Gasteiger partial charge in [-0.15, -0.1) is 12.4 Å². The second-order valence-electron chi connectivity index (χ2n) is 5.88. The highest BCUT2D eigenvalue weighted by atomic mass is 35.5. The van der Waals surface area contributed by atoms with Crippen LogP contribution in [0.2, 0.25) is 0 Å². The SMILES string of the molecule is CC(N)C1CCCCN1Cc1cccc2cccnc12.Cl. The highest BCUT2D eigenvalue weighted by Gasteiger charge is 2.25. The third kappa shape index (κ3) is 3.54. The zero-order valence-corrected chi connectivity index (χ0v) is 13.4. The normalized spacial score (nSPS) is 21.0. The zero-order valence-electron chi connectivity index (χ0n) is 12.5. The number of nitrogens with zero attached hydrogens (tertiary/aromatic N) is 2. The van der Waals surface area contributed by atoms with Crippen LogP contribution in [-0.4, -0.2) is 28.5 Å². The van der Waals surface area contributed by atoms with Crippen LogP contribution in [0.1, 0.15) is 31.7 Å². The molecule has 1 aromatic carbocycles. The molecule has 114 valence electrons. The number of pyridine rings is 1. The van der Waals surface area contributed by atoms with Gasteiger partial charge in [-0.2, -0.15) is 0 Å². The number of aromatic nitrogens is 1. The van der Waals surface area contributed by atoms with Gasteiger partial charge in [0.05, 0.1) is 5.52 Å². The highest BCUT2D eigenvalue weighted by Crippen LogP contribution is 2.24. The van der Waals surface area contributed by atoms with Gasteiger partial charge in [0.15, 0.2) is 0 Å². The van der Waals surface area contributed by atoms with Gasteiger partial charge >= 0.3 is 0 Å². The van der Waals surface area contributed by atoms with Crippen LogP contribution in [0.4, 0.5) is 0 Å². The molecule has 2 aromatic rings. The van der Waals surface area contributed by atoms with Crippen LogP contribution >= 0.6 is 12.4 Å². The molecule has 0 spiro atoms. The lowest BCUT2D eigenvalue weighted by molar-refractivity contribution is 0.123. The fraction of sp³-hybridized carbons (Fsp3) is 0.471. The number of piperidine rings is 1. The van der Waals surface area contributed by atoms with E-state index in [1.165, 1.54) is 30.2 Å². The second kappa shape index (κ2) is 7.21. The second-order valence-corrected chi connectivity index (χ2v) is 5.88. The van der Waals surface area contributed by atoms with E-state index in [1.54, 1.807) is 0 Å². The minimum absolute atomic E-state index is 0. The van der Waals surface area contributed by atoms with Crippen molar-refractivity contribution in [1.29, 1.82) is 0 Å². The van der Waals surface area contributed by atoms with Crippen LogP contribution in [0.25, 0.3) is 10.9 Å². The summed E-state index contributed by atoms with van der Waals surface area (Å²) in [6, 6.07) is 11.3. The Bertz CT molecular complexity index is 580. The predicted molar refractivity (Wildman–Crippen MR) is 90.7 cm³/mol. The Morgan fingerprint density at radius 3 is 2.90 bits per heavy atom. The number of para-hydroxylation sites is 1. The van der Waals surface area contributed by atoms with E-state index in [0.717, 1.165) is 18.6 Å². The minimum Gasteiger partial charge on any atom is -0.327 e. The van der Waals surface area contributed by atoms with E-state index >= 15 is 0 Å². The van der Waals surface area contributed by atoms with Crippen molar-refractivity contribution in [3.8, 4) is 0 Å². The molecule has 1 fully saturated rings. The topological polar surface area (TPSA) is 42.1 Å². The van der Waals surface area contributed by atoms with E-state index in [1.807, 2.05) is 12.3 Å². The number of hydrogen-bond donors (Lipinski definition) is 1. The Morgan fingerprint density at radius 1 is 1.29 bits per heavy atom. The smallest absolute Gasteiger partial charge is 0.0746 e. The first-order valence-electron chi connectivity index (χ1n) is 7.58. The number of likely N-dealkylation sites (tertiary alicyclic amines) is 1. The summed E-state index contributed by atoms with van der Waals surface area (Å²) in [6.45, 7) is 4.24. The van der Waals surface area contributed by atoms with E-state index in [9.17, 15) is 0 Å². The summed E-state index contributed by atoms with van der Waals surface area (Å²) >= 11 is 0. The van der Waals surface area contributed by atoms with Gasteiger partial charge in [0.1, 0.15) is 0 Å². The van der Waals surface area contributed by atoms with Gasteiger partial charge in [-0.05, 0) is 37.9 Å². The maximum absolute atomic E-state index is 6.17. The van der Waals surface area contributed by atoms with Crippen LogP contribution in [0.15, 0.2) is 36.5 Å². The maximum Gasteiger partial charge on any atom is 0.0746 e. The van der Waals surface area contributed by atoms with E-state index in [-0.39, 0.29) is 18.4 Å². The lowest BCUT2D eigenvalue weighted by Crippen LogP contribution is -2.48. The first-order valence-corrected chi connectivity index (χ1v) is 7.58. The number of benzene rings is 1. The van der Waals surface area contributed by atoms with Gasteiger partial charge in [0, 0.05) is 30.2 Å². The third-order valence-corrected chi connectivity index (χ3v) is 4.36. The number of nitrogens with two attached hydrogens (primary N) is 1. The Labute approximate surface area is 132 Å². The maximum atomic E-state index is 6.17. The van der Waals surface area contributed by atoms with E-state index in [4.69, 9.17) is 5.73 Å². The van der Waals surface area contributed by atoms with E-state index in [2.05, 4.69) is 41.1 Å². The molecule has 2 N–H and O–H groups in total. The lowest BCUT2D eigenvalue weighted by atomic mass is 9.96. The molecule has 3 rings (SSSR count). The van der Waals surface area contributed by atoms with Gasteiger partial charge in [0.25, 0.3) is 0 Å². The molecule has 3 nitrogen and oxygen atoms in total. The molecular weight excluding hydrogens is 282 g/mol. The van der Waals surface area contributed by atoms with E-state index < -0.39 is 0 Å². The highest BCUT2D eigenvalue weighted by molar-refractivity contribution is 5.85. The minimum atomic E-state index is 0. The van der Waals surface area contributed by atoms with Gasteiger partial charge in [-0.25, -0.2) is 0 Å². The van der Waals surface area contributed by atoms with Gasteiger partial charge in [-0.1, -0.05) is 30.7 Å². The molecular formula is C17H24ClN3. The summed E-state index contributed by atoms with van der Waals surface area (Å²) in [6.07, 6.45) is 5.68. The average molecular weight is 306 g/mol. The Morgan fingerprint density at radius 2 is 2.10 bits per heavy atom. The number of rotatable bonds is 3. The first-order chi connectivity index (χ1) is 9.75. The fourth-order valence-corrected chi connectivity index (χ4v) is 3.32. The van der Waals surface area contributed by atoms with Crippen molar-refractivity contribution in [2.24, 2.45) is 5.73 Å². The van der Waals surface area contributed by atoms with Crippen molar-refractivity contribution in [2.45, 2.75) is 44.8 Å². The predicted octanol–water partition coefficient (Wildman–Crippen LogP) is 3.36. The van der Waals surface area contributed by atoms with Crippen LogP contribution in [-0.2, 0) is 6.54 Å². The average Bonchev–Trinajstić information content (AvgIpc) is 2.48. The molecule has 2 atom stereocenters. The molecule has 21 heavy (non-hydrogen) atoms. The van der Waals surface area contributed by atoms with Crippen molar-refractivity contribution < 1.29 is 0 Å². The molecule has 2 heterocycles. The van der Waals surface area contributed by atoms with Gasteiger partial charge in [0.2, 0.25) is 0 Å². The summed E-state index contributed by atoms with van der Waals surface area (Å²) in [5.41, 5.74) is 8.61. The van der Waals surface area contributed by atoms with Crippen LogP contribution < -0.4 is 5.73 Å². The Hall–Kier alpha value is -1.16. The fourth-order valence-electron chi connectivity index (χ4n) is 3.32. The monoisotopic (exact) mass is 305 g/mol. The summed E-state index contributed by atoms with van der Waals surface area (Å²) in [5.74, 6) is 0. The number of halogens is 1. The van der Waals surface area contributed by atoms with Crippen molar-refractivity contribution in [1.82, 2.24) is 9.88 Å². The molecule has 0 radical (unpaired) electrons. The standard InChI is InChI=1S/C17H23N3.ClH/c1-13(18)16-9-2-3-11-20(16)12-15-7-4-6-14-8-5-10-19-17(14)15;/h4-8,10,13,16H,2-3,9,11-12,18H2,1H3;1H. The zero-order chi connectivity index (χ0) is 13.9. The van der Waals surface area contributed by atoms with Crippen LogP contribution in [0.3, 0.4) is 0 Å². The van der Waals surface area contributed by atoms with Gasteiger partial charge < -0.3 is 5.73 Å². The Balaban J connectivity index is 0.00000161. The molecule has 0 saturated carbocycles. The molecule has 1 aliphatic rings. The molecule has 1 aliphatic heterocycles. The van der Waals surface area contributed by atoms with Crippen LogP contribution in [0, 0.1) is 0 Å². The lowest BCUT2D eigenvalue weighted by Gasteiger charge is -2.38. The summed E-state index contributed by atoms with van der Waals surface area (Å²) in [5, 5.41) is 1.22. The summed E-state index contributed by atoms with van der Waals surface area (Å²) in [4.78, 5) is 7.10. The van der Waals surface area contributed by atoms with E-state index in [0.29, 0.717) is 6.04 Å². The van der Waals surface area contributed by atoms with Crippen LogP contribution in [0.5, 0.6) is 0 Å². The molecule has 2 unspecified atom stereocenters. The van der Waals surface area contributed by atoms with Crippen molar-refractivity contribution in [3.05, 3.63) is 42.1 Å². The summed E-state index contributed by atoms with van der Waals surface area (Å²) in [7, 11) is 0. The number of hydrogen-bond acceptors (Lipinski definition) is 3. The molecule has 0 bridgehead atoms. The molecule has 4 heteroatoms. The molecule has 0 amide bonds. The quantitative estimate of drug-likeness (QED) is 0.945. The summed E-state index contributed by atoms with van der Waals surface area (Å²) < 4.78 is 0. The van der Waals surface area contributed by atoms with Crippen molar-refractivity contribution in [2.75, 3.05) is 6.54 Å². The number of fused-ring (bicyclic) bond motifs is 1.